The number of pyridine rings is 1. The van der Waals surface area contributed by atoms with E-state index in [0.29, 0.717) is 18.8 Å². The second kappa shape index (κ2) is 6.86. The van der Waals surface area contributed by atoms with Crippen LogP contribution < -0.4 is 5.32 Å². The third kappa shape index (κ3) is 3.19. The highest BCUT2D eigenvalue weighted by Gasteiger charge is 2.31. The number of nitrogens with zero attached hydrogens (tertiary/aromatic N) is 3. The summed E-state index contributed by atoms with van der Waals surface area (Å²) >= 11 is 0. The SMILES string of the molecule is FC1(CNc2ncc3c(-c4ccc5ncccc5c4)c[nH]c3n2)CCCCC1. The number of aromatic nitrogens is 4. The highest BCUT2D eigenvalue weighted by Crippen LogP contribution is 2.32. The minimum atomic E-state index is -1.14. The molecule has 0 spiro atoms. The van der Waals surface area contributed by atoms with Crippen molar-refractivity contribution >= 4 is 27.9 Å². The fourth-order valence-electron chi connectivity index (χ4n) is 4.07. The molecule has 1 aliphatic rings. The molecule has 0 radical (unpaired) electrons. The minimum Gasteiger partial charge on any atom is -0.351 e. The lowest BCUT2D eigenvalue weighted by atomic mass is 9.86. The van der Waals surface area contributed by atoms with Crippen molar-refractivity contribution in [2.45, 2.75) is 37.8 Å². The Morgan fingerprint density at radius 3 is 2.89 bits per heavy atom. The predicted octanol–water partition coefficient (Wildman–Crippen LogP) is 5.26. The molecule has 1 aromatic carbocycles. The van der Waals surface area contributed by atoms with E-state index in [1.165, 1.54) is 0 Å². The van der Waals surface area contributed by atoms with Crippen LogP contribution in [0, 0.1) is 0 Å². The Morgan fingerprint density at radius 1 is 1.11 bits per heavy atom. The smallest absolute Gasteiger partial charge is 0.224 e. The van der Waals surface area contributed by atoms with E-state index in [1.54, 1.807) is 12.4 Å². The van der Waals surface area contributed by atoms with Crippen LogP contribution in [0.4, 0.5) is 10.3 Å². The van der Waals surface area contributed by atoms with Crippen molar-refractivity contribution < 1.29 is 4.39 Å². The Labute approximate surface area is 162 Å². The second-order valence-electron chi connectivity index (χ2n) is 7.63. The Kier molecular flexibility index (Phi) is 4.19. The molecule has 0 saturated heterocycles. The third-order valence-electron chi connectivity index (χ3n) is 5.66. The van der Waals surface area contributed by atoms with Gasteiger partial charge >= 0.3 is 0 Å². The van der Waals surface area contributed by atoms with Crippen LogP contribution in [-0.4, -0.2) is 32.1 Å². The van der Waals surface area contributed by atoms with Gasteiger partial charge in [-0.05, 0) is 36.6 Å². The lowest BCUT2D eigenvalue weighted by Gasteiger charge is -2.29. The van der Waals surface area contributed by atoms with E-state index in [9.17, 15) is 4.39 Å². The van der Waals surface area contributed by atoms with E-state index in [-0.39, 0.29) is 6.54 Å². The fraction of sp³-hybridized carbons (Fsp3) is 0.318. The van der Waals surface area contributed by atoms with Gasteiger partial charge in [0.2, 0.25) is 5.95 Å². The maximum absolute atomic E-state index is 14.8. The van der Waals surface area contributed by atoms with Gasteiger partial charge in [0, 0.05) is 34.9 Å². The monoisotopic (exact) mass is 375 g/mol. The van der Waals surface area contributed by atoms with E-state index in [0.717, 1.165) is 52.3 Å². The molecule has 6 heteroatoms. The number of hydrogen-bond donors (Lipinski definition) is 2. The van der Waals surface area contributed by atoms with Crippen molar-refractivity contribution in [3.05, 3.63) is 48.9 Å². The number of halogens is 1. The Bertz CT molecular complexity index is 1130. The van der Waals surface area contributed by atoms with Crippen molar-refractivity contribution in [1.82, 2.24) is 19.9 Å². The molecule has 1 saturated carbocycles. The summed E-state index contributed by atoms with van der Waals surface area (Å²) < 4.78 is 14.8. The van der Waals surface area contributed by atoms with Gasteiger partial charge in [-0.1, -0.05) is 31.4 Å². The largest absolute Gasteiger partial charge is 0.351 e. The molecule has 0 aliphatic heterocycles. The first-order valence-corrected chi connectivity index (χ1v) is 9.82. The zero-order valence-electron chi connectivity index (χ0n) is 15.6. The molecule has 28 heavy (non-hydrogen) atoms. The van der Waals surface area contributed by atoms with Crippen LogP contribution in [0.15, 0.2) is 48.9 Å². The summed E-state index contributed by atoms with van der Waals surface area (Å²) in [5.41, 5.74) is 2.70. The average Bonchev–Trinajstić information content (AvgIpc) is 3.16. The molecule has 2 N–H and O–H groups in total. The number of alkyl halides is 1. The molecule has 1 aliphatic carbocycles. The van der Waals surface area contributed by atoms with Gasteiger partial charge in [0.05, 0.1) is 12.1 Å². The minimum absolute atomic E-state index is 0.268. The summed E-state index contributed by atoms with van der Waals surface area (Å²) in [5, 5.41) is 5.13. The number of rotatable bonds is 4. The molecular formula is C22H22FN5. The third-order valence-corrected chi connectivity index (χ3v) is 5.66. The lowest BCUT2D eigenvalue weighted by molar-refractivity contribution is 0.122. The molecular weight excluding hydrogens is 353 g/mol. The van der Waals surface area contributed by atoms with Gasteiger partial charge in [0.1, 0.15) is 11.3 Å². The van der Waals surface area contributed by atoms with E-state index >= 15 is 0 Å². The quantitative estimate of drug-likeness (QED) is 0.511. The van der Waals surface area contributed by atoms with E-state index in [1.807, 2.05) is 18.3 Å². The van der Waals surface area contributed by atoms with Crippen LogP contribution in [0.2, 0.25) is 0 Å². The Hall–Kier alpha value is -3.02. The van der Waals surface area contributed by atoms with Crippen molar-refractivity contribution in [1.29, 1.82) is 0 Å². The van der Waals surface area contributed by atoms with Crippen molar-refractivity contribution in [3.63, 3.8) is 0 Å². The van der Waals surface area contributed by atoms with Gasteiger partial charge in [-0.25, -0.2) is 9.37 Å². The zero-order valence-corrected chi connectivity index (χ0v) is 15.6. The van der Waals surface area contributed by atoms with Crippen molar-refractivity contribution in [2.75, 3.05) is 11.9 Å². The van der Waals surface area contributed by atoms with E-state index in [4.69, 9.17) is 0 Å². The maximum atomic E-state index is 14.8. The van der Waals surface area contributed by atoms with Crippen LogP contribution in [0.1, 0.15) is 32.1 Å². The second-order valence-corrected chi connectivity index (χ2v) is 7.63. The van der Waals surface area contributed by atoms with Gasteiger partial charge in [-0.15, -0.1) is 0 Å². The number of hydrogen-bond acceptors (Lipinski definition) is 4. The number of aromatic amines is 1. The van der Waals surface area contributed by atoms with Crippen LogP contribution in [0.5, 0.6) is 0 Å². The molecule has 5 rings (SSSR count). The predicted molar refractivity (Wildman–Crippen MR) is 110 cm³/mol. The number of fused-ring (bicyclic) bond motifs is 2. The van der Waals surface area contributed by atoms with Gasteiger partial charge in [0.25, 0.3) is 0 Å². The lowest BCUT2D eigenvalue weighted by Crippen LogP contribution is -2.34. The van der Waals surface area contributed by atoms with Crippen LogP contribution >= 0.6 is 0 Å². The summed E-state index contributed by atoms with van der Waals surface area (Å²) in [5.74, 6) is 0.464. The van der Waals surface area contributed by atoms with Crippen LogP contribution in [-0.2, 0) is 0 Å². The maximum Gasteiger partial charge on any atom is 0.224 e. The van der Waals surface area contributed by atoms with Gasteiger partial charge < -0.3 is 10.3 Å². The molecule has 0 unspecified atom stereocenters. The fourth-order valence-corrected chi connectivity index (χ4v) is 4.07. The average molecular weight is 375 g/mol. The van der Waals surface area contributed by atoms with Gasteiger partial charge in [0.15, 0.2) is 0 Å². The summed E-state index contributed by atoms with van der Waals surface area (Å²) in [6.45, 7) is 0.268. The molecule has 0 amide bonds. The molecule has 1 fully saturated rings. The zero-order chi connectivity index (χ0) is 19.0. The molecule has 0 atom stereocenters. The normalized spacial score (nSPS) is 16.5. The van der Waals surface area contributed by atoms with Crippen LogP contribution in [0.3, 0.4) is 0 Å². The number of benzene rings is 1. The first-order chi connectivity index (χ1) is 13.7. The molecule has 3 aromatic heterocycles. The number of anilines is 1. The molecule has 3 heterocycles. The topological polar surface area (TPSA) is 66.5 Å². The first-order valence-electron chi connectivity index (χ1n) is 9.82. The summed E-state index contributed by atoms with van der Waals surface area (Å²) in [6, 6.07) is 10.2. The summed E-state index contributed by atoms with van der Waals surface area (Å²) in [4.78, 5) is 16.6. The Morgan fingerprint density at radius 2 is 2.00 bits per heavy atom. The molecule has 142 valence electrons. The highest BCUT2D eigenvalue weighted by molar-refractivity contribution is 5.96. The number of nitrogens with one attached hydrogen (secondary N) is 2. The molecule has 0 bridgehead atoms. The summed E-state index contributed by atoms with van der Waals surface area (Å²) in [7, 11) is 0. The van der Waals surface area contributed by atoms with Crippen molar-refractivity contribution in [3.8, 4) is 11.1 Å². The highest BCUT2D eigenvalue weighted by atomic mass is 19.1. The van der Waals surface area contributed by atoms with E-state index in [2.05, 4.69) is 43.5 Å². The first kappa shape index (κ1) is 17.1. The Balaban J connectivity index is 1.41. The number of H-pyrrole nitrogens is 1. The van der Waals surface area contributed by atoms with E-state index < -0.39 is 5.67 Å². The van der Waals surface area contributed by atoms with Gasteiger partial charge in [-0.3, -0.25) is 4.98 Å². The van der Waals surface area contributed by atoms with Gasteiger partial charge in [-0.2, -0.15) is 4.98 Å². The molecule has 4 aromatic rings. The summed E-state index contributed by atoms with van der Waals surface area (Å²) in [6.07, 6.45) is 9.82. The molecule has 5 nitrogen and oxygen atoms in total. The van der Waals surface area contributed by atoms with Crippen molar-refractivity contribution in [2.24, 2.45) is 0 Å². The van der Waals surface area contributed by atoms with Crippen LogP contribution in [0.25, 0.3) is 33.1 Å². The standard InChI is InChI=1S/C22H22FN5/c23-22(8-2-1-3-9-22)14-27-21-26-13-18-17(12-25-20(18)28-21)15-6-7-19-16(11-15)5-4-10-24-19/h4-7,10-13H,1-3,8-9,14H2,(H2,25,26,27,28).